The van der Waals surface area contributed by atoms with E-state index in [9.17, 15) is 0 Å². The third kappa shape index (κ3) is 23.9. The minimum Gasteiger partial charge on any atom is -1.00 e. The molecule has 0 atom stereocenters. The third-order valence-electron chi connectivity index (χ3n) is 0.408. The normalized spacial score (nSPS) is 6.12. The van der Waals surface area contributed by atoms with Gasteiger partial charge in [0.2, 0.25) is 0 Å². The van der Waals surface area contributed by atoms with Gasteiger partial charge >= 0.3 is 48.3 Å². The largest absolute Gasteiger partial charge is 1.00 e. The van der Waals surface area contributed by atoms with Crippen molar-refractivity contribution < 1.29 is 75.3 Å². The minimum atomic E-state index is 0. The SMILES string of the molecule is CC(C)[CH2][Hf+3].[Br-].[Br-].[Br-]. The Morgan fingerprint density at radius 2 is 1.25 bits per heavy atom. The number of halogens is 3. The predicted octanol–water partition coefficient (Wildman–Crippen LogP) is -7.38. The van der Waals surface area contributed by atoms with Gasteiger partial charge < -0.3 is 50.9 Å². The standard InChI is InChI=1S/C4H9.3BrH.Hf/c1-4(2)3;;;;/h4H,1H2,2-3H3;3*1H;/q;;;;+3/p-3. The van der Waals surface area contributed by atoms with E-state index in [2.05, 4.69) is 13.8 Å². The van der Waals surface area contributed by atoms with Crippen LogP contribution in [0.25, 0.3) is 0 Å². The van der Waals surface area contributed by atoms with Crippen LogP contribution in [-0.4, -0.2) is 0 Å². The molecule has 0 aliphatic carbocycles. The number of hydrogen-bond acceptors (Lipinski definition) is 0. The summed E-state index contributed by atoms with van der Waals surface area (Å²) in [5, 5.41) is 0. The van der Waals surface area contributed by atoms with Crippen LogP contribution >= 0.6 is 0 Å². The van der Waals surface area contributed by atoms with Gasteiger partial charge in [-0.1, -0.05) is 0 Å². The summed E-state index contributed by atoms with van der Waals surface area (Å²) in [6.07, 6.45) is 0. The topological polar surface area (TPSA) is 0 Å². The summed E-state index contributed by atoms with van der Waals surface area (Å²) in [6.45, 7) is 4.51. The summed E-state index contributed by atoms with van der Waals surface area (Å²) in [5.41, 5.74) is 0. The molecule has 0 amide bonds. The Bertz CT molecular complexity index is 25.2. The van der Waals surface area contributed by atoms with Crippen LogP contribution in [0.2, 0.25) is 4.18 Å². The molecule has 0 bridgehead atoms. The van der Waals surface area contributed by atoms with Crippen LogP contribution in [0, 0.1) is 5.92 Å². The van der Waals surface area contributed by atoms with Crippen LogP contribution < -0.4 is 50.9 Å². The Balaban J connectivity index is -0.0000000267. The fraction of sp³-hybridized carbons (Fsp3) is 1.00. The van der Waals surface area contributed by atoms with Crippen molar-refractivity contribution in [1.29, 1.82) is 0 Å². The van der Waals surface area contributed by atoms with E-state index in [4.69, 9.17) is 0 Å². The average Bonchev–Trinajstić information content (AvgIpc) is 1.38. The van der Waals surface area contributed by atoms with Crippen molar-refractivity contribution in [3.63, 3.8) is 0 Å². The van der Waals surface area contributed by atoms with Gasteiger partial charge in [-0.3, -0.25) is 0 Å². The smallest absolute Gasteiger partial charge is 1.00 e. The van der Waals surface area contributed by atoms with Gasteiger partial charge in [-0.25, -0.2) is 0 Å². The van der Waals surface area contributed by atoms with Gasteiger partial charge in [0.25, 0.3) is 0 Å². The van der Waals surface area contributed by atoms with E-state index in [0.29, 0.717) is 0 Å². The molecular formula is C4H9Br3Hf. The van der Waals surface area contributed by atoms with Crippen molar-refractivity contribution >= 4 is 0 Å². The van der Waals surface area contributed by atoms with E-state index in [0.717, 1.165) is 5.92 Å². The molecule has 0 heterocycles. The third-order valence-corrected chi connectivity index (χ3v) is 3.34. The summed E-state index contributed by atoms with van der Waals surface area (Å²) in [7, 11) is 0. The molecule has 0 spiro atoms. The maximum atomic E-state index is 2.26. The van der Waals surface area contributed by atoms with Crippen molar-refractivity contribution in [3.8, 4) is 0 Å². The van der Waals surface area contributed by atoms with E-state index in [1.165, 1.54) is 28.6 Å². The quantitative estimate of drug-likeness (QED) is 0.331. The van der Waals surface area contributed by atoms with E-state index < -0.39 is 0 Å². The molecule has 0 aromatic heterocycles. The van der Waals surface area contributed by atoms with Crippen molar-refractivity contribution in [1.82, 2.24) is 0 Å². The van der Waals surface area contributed by atoms with E-state index in [1.807, 2.05) is 0 Å². The van der Waals surface area contributed by atoms with Crippen LogP contribution in [0.15, 0.2) is 0 Å². The Morgan fingerprint density at radius 1 is 1.12 bits per heavy atom. The molecule has 0 fully saturated rings. The molecule has 0 aromatic carbocycles. The first-order valence-corrected chi connectivity index (χ1v) is 4.46. The summed E-state index contributed by atoms with van der Waals surface area (Å²) in [5.74, 6) is 0.946. The zero-order valence-corrected chi connectivity index (χ0v) is 13.3. The van der Waals surface area contributed by atoms with Crippen LogP contribution in [0.3, 0.4) is 0 Å². The first-order chi connectivity index (χ1) is 2.27. The van der Waals surface area contributed by atoms with Gasteiger partial charge in [-0.2, -0.15) is 0 Å². The molecule has 0 rings (SSSR count). The van der Waals surface area contributed by atoms with Crippen molar-refractivity contribution in [3.05, 3.63) is 0 Å². The van der Waals surface area contributed by atoms with E-state index in [1.54, 1.807) is 0 Å². The molecule has 0 N–H and O–H groups in total. The number of rotatable bonds is 1. The molecular weight excluding hydrogens is 466 g/mol. The zero-order chi connectivity index (χ0) is 4.28. The molecule has 0 saturated carbocycles. The molecule has 0 radical (unpaired) electrons. The maximum Gasteiger partial charge on any atom is -1.00 e. The van der Waals surface area contributed by atoms with Crippen molar-refractivity contribution in [2.75, 3.05) is 0 Å². The summed E-state index contributed by atoms with van der Waals surface area (Å²) >= 11 is 1.37. The Morgan fingerprint density at radius 3 is 1.25 bits per heavy atom. The van der Waals surface area contributed by atoms with Crippen molar-refractivity contribution in [2.24, 2.45) is 5.92 Å². The Kier molecular flexibility index (Phi) is 45.3. The molecule has 0 nitrogen and oxygen atoms in total. The Labute approximate surface area is 98.1 Å². The van der Waals surface area contributed by atoms with Gasteiger partial charge in [0.05, 0.1) is 0 Å². The predicted molar refractivity (Wildman–Crippen MR) is 19.6 cm³/mol. The van der Waals surface area contributed by atoms with Gasteiger partial charge in [0, 0.05) is 0 Å². The Hall–Kier alpha value is 2.31. The molecule has 0 aromatic rings. The molecule has 8 heavy (non-hydrogen) atoms. The van der Waals surface area contributed by atoms with Crippen molar-refractivity contribution in [2.45, 2.75) is 18.0 Å². The van der Waals surface area contributed by atoms with E-state index in [-0.39, 0.29) is 50.9 Å². The molecule has 4 heteroatoms. The first-order valence-electron chi connectivity index (χ1n) is 1.92. The second-order valence-corrected chi connectivity index (χ2v) is 3.06. The average molecular weight is 475 g/mol. The molecule has 0 aliphatic heterocycles. The van der Waals surface area contributed by atoms with E-state index >= 15 is 0 Å². The van der Waals surface area contributed by atoms with Gasteiger partial charge in [0.1, 0.15) is 0 Å². The maximum absolute atomic E-state index is 2.26. The molecule has 0 aliphatic rings. The fourth-order valence-corrected chi connectivity index (χ4v) is 0. The fourth-order valence-electron chi connectivity index (χ4n) is 0. The van der Waals surface area contributed by atoms with Crippen LogP contribution in [0.5, 0.6) is 0 Å². The monoisotopic (exact) mass is 474 g/mol. The summed E-state index contributed by atoms with van der Waals surface area (Å²) < 4.78 is 1.44. The second kappa shape index (κ2) is 16.1. The van der Waals surface area contributed by atoms with Gasteiger partial charge in [-0.05, 0) is 0 Å². The van der Waals surface area contributed by atoms with Crippen LogP contribution in [-0.2, 0) is 24.4 Å². The number of hydrogen-bond donors (Lipinski definition) is 0. The second-order valence-electron chi connectivity index (χ2n) is 1.60. The van der Waals surface area contributed by atoms with Gasteiger partial charge in [0.15, 0.2) is 0 Å². The van der Waals surface area contributed by atoms with Crippen LogP contribution in [0.4, 0.5) is 0 Å². The van der Waals surface area contributed by atoms with Crippen LogP contribution in [0.1, 0.15) is 13.8 Å². The zero-order valence-electron chi connectivity index (χ0n) is 4.92. The summed E-state index contributed by atoms with van der Waals surface area (Å²) in [4.78, 5) is 0. The first kappa shape index (κ1) is 22.4. The molecule has 0 saturated heterocycles. The molecule has 50 valence electrons. The summed E-state index contributed by atoms with van der Waals surface area (Å²) in [6, 6.07) is 0. The van der Waals surface area contributed by atoms with Gasteiger partial charge in [-0.15, -0.1) is 0 Å². The minimum absolute atomic E-state index is 0. The molecule has 0 unspecified atom stereocenters.